The van der Waals surface area contributed by atoms with Gasteiger partial charge in [0.2, 0.25) is 5.91 Å². The first-order valence-electron chi connectivity index (χ1n) is 9.19. The van der Waals surface area contributed by atoms with E-state index in [1.165, 1.54) is 11.8 Å². The first-order valence-corrected chi connectivity index (χ1v) is 10.1. The Morgan fingerprint density at radius 3 is 2.81 bits per heavy atom. The van der Waals surface area contributed by atoms with E-state index in [1.807, 2.05) is 49.4 Å². The monoisotopic (exact) mass is 379 g/mol. The number of nitrogens with zero attached hydrogens (tertiary/aromatic N) is 1. The van der Waals surface area contributed by atoms with Gasteiger partial charge in [0.15, 0.2) is 5.16 Å². The number of hydrogen-bond acceptors (Lipinski definition) is 4. The van der Waals surface area contributed by atoms with Gasteiger partial charge in [0, 0.05) is 16.6 Å². The van der Waals surface area contributed by atoms with Crippen LogP contribution in [0.25, 0.3) is 10.8 Å². The van der Waals surface area contributed by atoms with E-state index < -0.39 is 0 Å². The first kappa shape index (κ1) is 17.8. The van der Waals surface area contributed by atoms with Crippen molar-refractivity contribution < 1.29 is 4.79 Å². The van der Waals surface area contributed by atoms with Crippen LogP contribution in [0.1, 0.15) is 31.0 Å². The minimum Gasteiger partial charge on any atom is -0.325 e. The predicted molar refractivity (Wildman–Crippen MR) is 109 cm³/mol. The highest BCUT2D eigenvalue weighted by Gasteiger charge is 2.20. The molecule has 0 saturated carbocycles. The summed E-state index contributed by atoms with van der Waals surface area (Å²) in [5.74, 6) is -0.114. The van der Waals surface area contributed by atoms with Crippen molar-refractivity contribution in [1.29, 1.82) is 0 Å². The van der Waals surface area contributed by atoms with Gasteiger partial charge in [0.25, 0.3) is 5.56 Å². The van der Waals surface area contributed by atoms with Crippen LogP contribution in [0.2, 0.25) is 0 Å². The summed E-state index contributed by atoms with van der Waals surface area (Å²) in [6.07, 6.45) is 3.72. The van der Waals surface area contributed by atoms with Gasteiger partial charge in [-0.25, -0.2) is 4.98 Å². The molecule has 0 aliphatic heterocycles. The molecular weight excluding hydrogens is 358 g/mol. The number of hydrogen-bond donors (Lipinski definition) is 2. The Hall–Kier alpha value is -2.60. The fourth-order valence-electron chi connectivity index (χ4n) is 3.43. The molecule has 1 heterocycles. The van der Waals surface area contributed by atoms with Crippen molar-refractivity contribution in [1.82, 2.24) is 9.97 Å². The predicted octanol–water partition coefficient (Wildman–Crippen LogP) is 3.92. The maximum absolute atomic E-state index is 12.7. The topological polar surface area (TPSA) is 74.8 Å². The minimum atomic E-state index is -0.381. The number of rotatable bonds is 4. The molecule has 1 unspecified atom stereocenters. The van der Waals surface area contributed by atoms with Gasteiger partial charge in [-0.1, -0.05) is 48.2 Å². The molecule has 3 aromatic rings. The lowest BCUT2D eigenvalue weighted by Gasteiger charge is -2.16. The van der Waals surface area contributed by atoms with E-state index in [9.17, 15) is 9.59 Å². The largest absolute Gasteiger partial charge is 0.325 e. The standard InChI is InChI=1S/C21H21N3O2S/c1-13(27-21-23-18-11-5-4-10-16(18)20(26)24-21)19(25)22-17-12-6-8-14-7-2-3-9-15(14)17/h2-3,6-9,12-13H,4-5,10-11H2,1H3,(H,22,25)(H,23,24,26). The van der Waals surface area contributed by atoms with Crippen molar-refractivity contribution >= 4 is 34.1 Å². The van der Waals surface area contributed by atoms with Crippen LogP contribution < -0.4 is 10.9 Å². The van der Waals surface area contributed by atoms with Gasteiger partial charge in [-0.05, 0) is 44.1 Å². The number of carbonyl (C=O) groups excluding carboxylic acids is 1. The van der Waals surface area contributed by atoms with Crippen molar-refractivity contribution in [3.8, 4) is 0 Å². The second-order valence-electron chi connectivity index (χ2n) is 6.78. The summed E-state index contributed by atoms with van der Waals surface area (Å²) < 4.78 is 0. The van der Waals surface area contributed by atoms with Gasteiger partial charge in [0.1, 0.15) is 0 Å². The zero-order valence-corrected chi connectivity index (χ0v) is 15.9. The number of amides is 1. The molecule has 1 aliphatic rings. The number of carbonyl (C=O) groups is 1. The fraction of sp³-hybridized carbons (Fsp3) is 0.286. The smallest absolute Gasteiger partial charge is 0.254 e. The lowest BCUT2D eigenvalue weighted by molar-refractivity contribution is -0.115. The van der Waals surface area contributed by atoms with Gasteiger partial charge in [-0.15, -0.1) is 0 Å². The maximum Gasteiger partial charge on any atom is 0.254 e. The third-order valence-electron chi connectivity index (χ3n) is 4.87. The van der Waals surface area contributed by atoms with Gasteiger partial charge in [-0.3, -0.25) is 9.59 Å². The Morgan fingerprint density at radius 1 is 1.15 bits per heavy atom. The van der Waals surface area contributed by atoms with Crippen LogP contribution in [-0.2, 0) is 17.6 Å². The molecule has 2 N–H and O–H groups in total. The van der Waals surface area contributed by atoms with E-state index in [1.54, 1.807) is 0 Å². The van der Waals surface area contributed by atoms with Gasteiger partial charge in [0.05, 0.1) is 10.9 Å². The SMILES string of the molecule is CC(Sc1nc2c(c(=O)[nH]1)CCCC2)C(=O)Nc1cccc2ccccc12. The van der Waals surface area contributed by atoms with E-state index in [0.29, 0.717) is 5.16 Å². The van der Waals surface area contributed by atoms with E-state index in [4.69, 9.17) is 0 Å². The van der Waals surface area contributed by atoms with E-state index >= 15 is 0 Å². The number of aryl methyl sites for hydroxylation is 1. The molecule has 5 nitrogen and oxygen atoms in total. The summed E-state index contributed by atoms with van der Waals surface area (Å²) in [6, 6.07) is 13.8. The van der Waals surface area contributed by atoms with Crippen LogP contribution in [0.15, 0.2) is 52.4 Å². The van der Waals surface area contributed by atoms with Crippen molar-refractivity contribution in [3.63, 3.8) is 0 Å². The molecule has 0 spiro atoms. The average Bonchev–Trinajstić information content (AvgIpc) is 2.68. The molecule has 0 bridgehead atoms. The highest BCUT2D eigenvalue weighted by Crippen LogP contribution is 2.26. The van der Waals surface area contributed by atoms with Gasteiger partial charge in [-0.2, -0.15) is 0 Å². The molecule has 6 heteroatoms. The number of aromatic amines is 1. The summed E-state index contributed by atoms with van der Waals surface area (Å²) in [7, 11) is 0. The number of fused-ring (bicyclic) bond motifs is 2. The van der Waals surface area contributed by atoms with Crippen LogP contribution in [0.3, 0.4) is 0 Å². The summed E-state index contributed by atoms with van der Waals surface area (Å²) in [5, 5.41) is 5.22. The number of anilines is 1. The van der Waals surface area contributed by atoms with Crippen molar-refractivity contribution in [2.45, 2.75) is 43.0 Å². The molecule has 138 valence electrons. The molecule has 27 heavy (non-hydrogen) atoms. The molecule has 0 saturated heterocycles. The molecule has 4 rings (SSSR count). The minimum absolute atomic E-state index is 0.0659. The van der Waals surface area contributed by atoms with Gasteiger partial charge >= 0.3 is 0 Å². The zero-order chi connectivity index (χ0) is 18.8. The van der Waals surface area contributed by atoms with Crippen molar-refractivity contribution in [3.05, 3.63) is 64.1 Å². The summed E-state index contributed by atoms with van der Waals surface area (Å²) in [4.78, 5) is 32.4. The molecular formula is C21H21N3O2S. The number of aromatic nitrogens is 2. The number of thioether (sulfide) groups is 1. The highest BCUT2D eigenvalue weighted by molar-refractivity contribution is 8.00. The Morgan fingerprint density at radius 2 is 1.93 bits per heavy atom. The van der Waals surface area contributed by atoms with E-state index in [0.717, 1.165) is 53.4 Å². The number of benzene rings is 2. The second kappa shape index (κ2) is 7.56. The second-order valence-corrected chi connectivity index (χ2v) is 8.11. The number of H-pyrrole nitrogens is 1. The fourth-order valence-corrected chi connectivity index (χ4v) is 4.24. The third-order valence-corrected chi connectivity index (χ3v) is 5.86. The molecule has 1 atom stereocenters. The summed E-state index contributed by atoms with van der Waals surface area (Å²) >= 11 is 1.28. The Bertz CT molecular complexity index is 1060. The molecule has 1 aliphatic carbocycles. The van der Waals surface area contributed by atoms with Crippen LogP contribution >= 0.6 is 11.8 Å². The van der Waals surface area contributed by atoms with E-state index in [2.05, 4.69) is 15.3 Å². The lowest BCUT2D eigenvalue weighted by Crippen LogP contribution is -2.25. The van der Waals surface area contributed by atoms with Crippen LogP contribution in [-0.4, -0.2) is 21.1 Å². The quantitative estimate of drug-likeness (QED) is 0.532. The highest BCUT2D eigenvalue weighted by atomic mass is 32.2. The Labute approximate surface area is 161 Å². The Kier molecular flexibility index (Phi) is 4.99. The van der Waals surface area contributed by atoms with Crippen LogP contribution in [0.5, 0.6) is 0 Å². The molecule has 2 aromatic carbocycles. The van der Waals surface area contributed by atoms with Gasteiger partial charge < -0.3 is 10.3 Å². The van der Waals surface area contributed by atoms with E-state index in [-0.39, 0.29) is 16.7 Å². The van der Waals surface area contributed by atoms with Crippen LogP contribution in [0.4, 0.5) is 5.69 Å². The lowest BCUT2D eigenvalue weighted by atomic mass is 9.97. The zero-order valence-electron chi connectivity index (χ0n) is 15.1. The third kappa shape index (κ3) is 3.76. The van der Waals surface area contributed by atoms with Crippen LogP contribution in [0, 0.1) is 0 Å². The molecule has 1 amide bonds. The summed E-state index contributed by atoms with van der Waals surface area (Å²) in [6.45, 7) is 1.82. The Balaban J connectivity index is 1.51. The molecule has 0 fully saturated rings. The molecule has 1 aromatic heterocycles. The molecule has 0 radical (unpaired) electrons. The summed E-state index contributed by atoms with van der Waals surface area (Å²) in [5.41, 5.74) is 2.41. The van der Waals surface area contributed by atoms with Crippen molar-refractivity contribution in [2.24, 2.45) is 0 Å². The first-order chi connectivity index (χ1) is 13.1. The van der Waals surface area contributed by atoms with Crippen molar-refractivity contribution in [2.75, 3.05) is 5.32 Å². The average molecular weight is 379 g/mol. The number of nitrogens with one attached hydrogen (secondary N) is 2. The normalized spacial score (nSPS) is 14.6. The maximum atomic E-state index is 12.7.